The van der Waals surface area contributed by atoms with Crippen LogP contribution in [0.25, 0.3) is 0 Å². The molecule has 0 aliphatic rings. The van der Waals surface area contributed by atoms with E-state index < -0.39 is 5.60 Å². The van der Waals surface area contributed by atoms with E-state index in [0.717, 1.165) is 12.0 Å². The molecule has 0 aliphatic carbocycles. The molecule has 2 heteroatoms. The maximum atomic E-state index is 10.1. The number of hydrogen-bond acceptors (Lipinski definition) is 2. The first-order chi connectivity index (χ1) is 6.60. The van der Waals surface area contributed by atoms with Crippen molar-refractivity contribution in [2.45, 2.75) is 32.3 Å². The topological polar surface area (TPSA) is 44.0 Å². The highest BCUT2D eigenvalue weighted by atomic mass is 16.3. The third-order valence-electron chi connectivity index (χ3n) is 2.35. The van der Waals surface area contributed by atoms with Crippen LogP contribution in [0.3, 0.4) is 0 Å². The maximum Gasteiger partial charge on any atom is 0.0991 e. The summed E-state index contributed by atoms with van der Waals surface area (Å²) in [5.74, 6) is 0. The Labute approximate surface area is 84.8 Å². The van der Waals surface area contributed by atoms with E-state index in [0.29, 0.717) is 12.0 Å². The average Bonchev–Trinajstić information content (AvgIpc) is 2.18. The molecule has 1 rings (SSSR count). The number of aliphatic hydroxyl groups is 1. The lowest BCUT2D eigenvalue weighted by atomic mass is 9.90. The predicted molar refractivity (Wildman–Crippen MR) is 55.6 cm³/mol. The Hall–Kier alpha value is -1.33. The molecule has 0 heterocycles. The van der Waals surface area contributed by atoms with E-state index in [4.69, 9.17) is 5.26 Å². The van der Waals surface area contributed by atoms with E-state index in [1.54, 1.807) is 25.1 Å². The van der Waals surface area contributed by atoms with Crippen LogP contribution in [-0.4, -0.2) is 5.11 Å². The van der Waals surface area contributed by atoms with Crippen molar-refractivity contribution in [3.63, 3.8) is 0 Å². The predicted octanol–water partition coefficient (Wildman–Crippen LogP) is 2.57. The van der Waals surface area contributed by atoms with Gasteiger partial charge in [-0.3, -0.25) is 0 Å². The van der Waals surface area contributed by atoms with Gasteiger partial charge in [0, 0.05) is 0 Å². The summed E-state index contributed by atoms with van der Waals surface area (Å²) in [6.07, 6.45) is 1.63. The summed E-state index contributed by atoms with van der Waals surface area (Å²) in [7, 11) is 0. The van der Waals surface area contributed by atoms with Gasteiger partial charge in [-0.25, -0.2) is 0 Å². The molecule has 14 heavy (non-hydrogen) atoms. The fraction of sp³-hybridized carbons (Fsp3) is 0.417. The van der Waals surface area contributed by atoms with Gasteiger partial charge in [-0.1, -0.05) is 25.5 Å². The molecule has 1 aromatic carbocycles. The van der Waals surface area contributed by atoms with Crippen LogP contribution >= 0.6 is 0 Å². The molecule has 0 radical (unpaired) electrons. The van der Waals surface area contributed by atoms with Crippen LogP contribution < -0.4 is 0 Å². The summed E-state index contributed by atoms with van der Waals surface area (Å²) in [6, 6.07) is 9.22. The standard InChI is InChI=1S/C12H15NO/c1-3-7-12(2,14)11-6-4-5-10(8-11)9-13/h4-6,8,14H,3,7H2,1-2H3. The molecule has 2 nitrogen and oxygen atoms in total. The fourth-order valence-corrected chi connectivity index (χ4v) is 1.55. The van der Waals surface area contributed by atoms with Crippen molar-refractivity contribution < 1.29 is 5.11 Å². The monoisotopic (exact) mass is 189 g/mol. The Balaban J connectivity index is 3.01. The van der Waals surface area contributed by atoms with Crippen molar-refractivity contribution in [3.05, 3.63) is 35.4 Å². The lowest BCUT2D eigenvalue weighted by molar-refractivity contribution is 0.0469. The van der Waals surface area contributed by atoms with Crippen LogP contribution in [0.1, 0.15) is 37.8 Å². The highest BCUT2D eigenvalue weighted by molar-refractivity contribution is 5.35. The Morgan fingerprint density at radius 3 is 2.79 bits per heavy atom. The van der Waals surface area contributed by atoms with Gasteiger partial charge in [0.1, 0.15) is 0 Å². The maximum absolute atomic E-state index is 10.1. The van der Waals surface area contributed by atoms with Crippen molar-refractivity contribution >= 4 is 0 Å². The molecule has 1 unspecified atom stereocenters. The Kier molecular flexibility index (Phi) is 3.27. The third-order valence-corrected chi connectivity index (χ3v) is 2.35. The summed E-state index contributed by atoms with van der Waals surface area (Å²) >= 11 is 0. The summed E-state index contributed by atoms with van der Waals surface area (Å²) in [6.45, 7) is 3.82. The van der Waals surface area contributed by atoms with Gasteiger partial charge in [0.25, 0.3) is 0 Å². The van der Waals surface area contributed by atoms with Crippen molar-refractivity contribution in [2.75, 3.05) is 0 Å². The molecular formula is C12H15NO. The lowest BCUT2D eigenvalue weighted by Gasteiger charge is -2.23. The Morgan fingerprint density at radius 1 is 1.50 bits per heavy atom. The van der Waals surface area contributed by atoms with Gasteiger partial charge in [-0.15, -0.1) is 0 Å². The first kappa shape index (κ1) is 10.7. The number of hydrogen-bond donors (Lipinski definition) is 1. The number of benzene rings is 1. The lowest BCUT2D eigenvalue weighted by Crippen LogP contribution is -2.20. The molecule has 74 valence electrons. The smallest absolute Gasteiger partial charge is 0.0991 e. The molecular weight excluding hydrogens is 174 g/mol. The van der Waals surface area contributed by atoms with E-state index in [1.165, 1.54) is 0 Å². The molecule has 0 saturated carbocycles. The number of nitrogens with zero attached hydrogens (tertiary/aromatic N) is 1. The van der Waals surface area contributed by atoms with Crippen molar-refractivity contribution in [1.29, 1.82) is 5.26 Å². The van der Waals surface area contributed by atoms with Gasteiger partial charge in [0.15, 0.2) is 0 Å². The zero-order valence-corrected chi connectivity index (χ0v) is 8.62. The minimum atomic E-state index is -0.818. The van der Waals surface area contributed by atoms with Crippen LogP contribution in [0, 0.1) is 11.3 Å². The van der Waals surface area contributed by atoms with Crippen molar-refractivity contribution in [1.82, 2.24) is 0 Å². The fourth-order valence-electron chi connectivity index (χ4n) is 1.55. The number of nitriles is 1. The summed E-state index contributed by atoms with van der Waals surface area (Å²) in [5.41, 5.74) is 0.596. The quantitative estimate of drug-likeness (QED) is 0.794. The highest BCUT2D eigenvalue weighted by Gasteiger charge is 2.21. The molecule has 1 atom stereocenters. The zero-order valence-electron chi connectivity index (χ0n) is 8.62. The average molecular weight is 189 g/mol. The van der Waals surface area contributed by atoms with Crippen molar-refractivity contribution in [2.24, 2.45) is 0 Å². The van der Waals surface area contributed by atoms with Gasteiger partial charge < -0.3 is 5.11 Å². The van der Waals surface area contributed by atoms with E-state index in [9.17, 15) is 5.11 Å². The summed E-state index contributed by atoms with van der Waals surface area (Å²) in [5, 5.41) is 18.8. The van der Waals surface area contributed by atoms with Gasteiger partial charge in [-0.05, 0) is 31.0 Å². The summed E-state index contributed by atoms with van der Waals surface area (Å²) in [4.78, 5) is 0. The highest BCUT2D eigenvalue weighted by Crippen LogP contribution is 2.26. The van der Waals surface area contributed by atoms with E-state index in [1.807, 2.05) is 13.0 Å². The zero-order chi connectivity index (χ0) is 10.6. The minimum absolute atomic E-state index is 0.596. The van der Waals surface area contributed by atoms with Crippen LogP contribution in [-0.2, 0) is 5.60 Å². The Bertz CT molecular complexity index is 350. The van der Waals surface area contributed by atoms with Gasteiger partial charge in [0.2, 0.25) is 0 Å². The van der Waals surface area contributed by atoms with Crippen LogP contribution in [0.2, 0.25) is 0 Å². The molecule has 0 fully saturated rings. The number of rotatable bonds is 3. The molecule has 0 aliphatic heterocycles. The first-order valence-electron chi connectivity index (χ1n) is 4.83. The Morgan fingerprint density at radius 2 is 2.21 bits per heavy atom. The second kappa shape index (κ2) is 4.26. The summed E-state index contributed by atoms with van der Waals surface area (Å²) < 4.78 is 0. The normalized spacial score (nSPS) is 14.4. The molecule has 0 bridgehead atoms. The third kappa shape index (κ3) is 2.34. The SMILES string of the molecule is CCCC(C)(O)c1cccc(C#N)c1. The van der Waals surface area contributed by atoms with Gasteiger partial charge in [-0.2, -0.15) is 5.26 Å². The second-order valence-electron chi connectivity index (χ2n) is 3.72. The first-order valence-corrected chi connectivity index (χ1v) is 4.83. The molecule has 0 spiro atoms. The van der Waals surface area contributed by atoms with E-state index >= 15 is 0 Å². The second-order valence-corrected chi connectivity index (χ2v) is 3.72. The molecule has 0 saturated heterocycles. The molecule has 1 aromatic rings. The van der Waals surface area contributed by atoms with Gasteiger partial charge >= 0.3 is 0 Å². The van der Waals surface area contributed by atoms with Crippen LogP contribution in [0.15, 0.2) is 24.3 Å². The molecule has 0 amide bonds. The molecule has 1 N–H and O–H groups in total. The van der Waals surface area contributed by atoms with Crippen LogP contribution in [0.4, 0.5) is 0 Å². The van der Waals surface area contributed by atoms with Crippen LogP contribution in [0.5, 0.6) is 0 Å². The van der Waals surface area contributed by atoms with Crippen molar-refractivity contribution in [3.8, 4) is 6.07 Å². The van der Waals surface area contributed by atoms with E-state index in [2.05, 4.69) is 6.07 Å². The minimum Gasteiger partial charge on any atom is -0.385 e. The largest absolute Gasteiger partial charge is 0.385 e. The molecule has 0 aromatic heterocycles. The van der Waals surface area contributed by atoms with E-state index in [-0.39, 0.29) is 0 Å². The van der Waals surface area contributed by atoms with Gasteiger partial charge in [0.05, 0.1) is 17.2 Å².